The molecule has 2 aromatic rings. The van der Waals surface area contributed by atoms with E-state index >= 15 is 0 Å². The highest BCUT2D eigenvalue weighted by Gasteiger charge is 2.16. The number of anilines is 2. The van der Waals surface area contributed by atoms with Crippen LogP contribution in [0.2, 0.25) is 0 Å². The summed E-state index contributed by atoms with van der Waals surface area (Å²) < 4.78 is 7.26. The maximum atomic E-state index is 12.2. The van der Waals surface area contributed by atoms with Gasteiger partial charge in [-0.2, -0.15) is 5.10 Å². The Morgan fingerprint density at radius 2 is 1.90 bits per heavy atom. The normalized spacial score (nSPS) is 16.2. The van der Waals surface area contributed by atoms with Crippen LogP contribution in [0.3, 0.4) is 0 Å². The van der Waals surface area contributed by atoms with E-state index in [1.807, 2.05) is 20.9 Å². The summed E-state index contributed by atoms with van der Waals surface area (Å²) in [5.74, 6) is -0.234. The van der Waals surface area contributed by atoms with Gasteiger partial charge in [0.05, 0.1) is 11.8 Å². The number of hydrogen-bond donors (Lipinski definition) is 3. The van der Waals surface area contributed by atoms with Crippen molar-refractivity contribution in [2.45, 2.75) is 32.8 Å². The summed E-state index contributed by atoms with van der Waals surface area (Å²) in [7, 11) is 1.87. The molecule has 1 fully saturated rings. The quantitative estimate of drug-likeness (QED) is 0.653. The van der Waals surface area contributed by atoms with E-state index < -0.39 is 0 Å². The molecular weight excluding hydrogens is 370 g/mol. The zero-order valence-corrected chi connectivity index (χ0v) is 17.0. The minimum Gasteiger partial charge on any atom is -0.376 e. The van der Waals surface area contributed by atoms with Gasteiger partial charge in [0.15, 0.2) is 0 Å². The number of benzene rings is 1. The highest BCUT2D eigenvalue weighted by molar-refractivity contribution is 6.02. The van der Waals surface area contributed by atoms with E-state index in [1.165, 1.54) is 6.08 Å². The SMILES string of the molecule is Cc1nn(C)c(C)c1/C=C/C(=O)Nc1ccc(NC(=O)NCC2CCCO2)cc1. The summed E-state index contributed by atoms with van der Waals surface area (Å²) in [6, 6.07) is 6.67. The van der Waals surface area contributed by atoms with Crippen molar-refractivity contribution in [1.82, 2.24) is 15.1 Å². The predicted molar refractivity (Wildman–Crippen MR) is 113 cm³/mol. The van der Waals surface area contributed by atoms with Crippen LogP contribution in [0, 0.1) is 13.8 Å². The molecule has 8 heteroatoms. The fourth-order valence-electron chi connectivity index (χ4n) is 3.20. The number of rotatable bonds is 6. The lowest BCUT2D eigenvalue weighted by Gasteiger charge is -2.12. The average molecular weight is 397 g/mol. The molecule has 8 nitrogen and oxygen atoms in total. The Hall–Kier alpha value is -3.13. The zero-order chi connectivity index (χ0) is 20.8. The summed E-state index contributed by atoms with van der Waals surface area (Å²) in [4.78, 5) is 24.1. The van der Waals surface area contributed by atoms with E-state index in [2.05, 4.69) is 21.0 Å². The number of carbonyl (C=O) groups is 2. The number of hydrogen-bond acceptors (Lipinski definition) is 4. The van der Waals surface area contributed by atoms with Crippen LogP contribution < -0.4 is 16.0 Å². The van der Waals surface area contributed by atoms with Crippen molar-refractivity contribution in [2.75, 3.05) is 23.8 Å². The Labute approximate surface area is 170 Å². The number of nitrogens with one attached hydrogen (secondary N) is 3. The van der Waals surface area contributed by atoms with Gasteiger partial charge in [-0.05, 0) is 57.0 Å². The molecule has 3 amide bonds. The van der Waals surface area contributed by atoms with E-state index in [4.69, 9.17) is 4.74 Å². The van der Waals surface area contributed by atoms with Crippen LogP contribution >= 0.6 is 0 Å². The van der Waals surface area contributed by atoms with Crippen molar-refractivity contribution in [3.05, 3.63) is 47.3 Å². The molecule has 1 aromatic carbocycles. The fourth-order valence-corrected chi connectivity index (χ4v) is 3.20. The number of aromatic nitrogens is 2. The Kier molecular flexibility index (Phi) is 6.66. The molecule has 0 saturated carbocycles. The minimum absolute atomic E-state index is 0.102. The number of nitrogens with zero attached hydrogens (tertiary/aromatic N) is 2. The third-order valence-corrected chi connectivity index (χ3v) is 4.89. The molecule has 1 atom stereocenters. The van der Waals surface area contributed by atoms with E-state index in [9.17, 15) is 9.59 Å². The first-order chi connectivity index (χ1) is 13.9. The Morgan fingerprint density at radius 1 is 1.21 bits per heavy atom. The number of amides is 3. The van der Waals surface area contributed by atoms with Gasteiger partial charge in [0.25, 0.3) is 0 Å². The largest absolute Gasteiger partial charge is 0.376 e. The first-order valence-electron chi connectivity index (χ1n) is 9.68. The Balaban J connectivity index is 1.48. The fraction of sp³-hybridized carbons (Fsp3) is 0.381. The molecule has 1 aliphatic heterocycles. The molecule has 0 spiro atoms. The highest BCUT2D eigenvalue weighted by Crippen LogP contribution is 2.16. The van der Waals surface area contributed by atoms with Gasteiger partial charge in [-0.15, -0.1) is 0 Å². The van der Waals surface area contributed by atoms with Gasteiger partial charge in [-0.3, -0.25) is 9.48 Å². The Bertz CT molecular complexity index is 896. The van der Waals surface area contributed by atoms with Crippen LogP contribution in [0.4, 0.5) is 16.2 Å². The highest BCUT2D eigenvalue weighted by atomic mass is 16.5. The molecule has 1 unspecified atom stereocenters. The van der Waals surface area contributed by atoms with Gasteiger partial charge in [-0.1, -0.05) is 0 Å². The molecule has 3 N–H and O–H groups in total. The summed E-state index contributed by atoms with van der Waals surface area (Å²) in [6.45, 7) is 5.13. The van der Waals surface area contributed by atoms with E-state index in [0.29, 0.717) is 17.9 Å². The maximum absolute atomic E-state index is 12.2. The number of carbonyl (C=O) groups excluding carboxylic acids is 2. The van der Waals surface area contributed by atoms with Crippen LogP contribution in [0.25, 0.3) is 6.08 Å². The van der Waals surface area contributed by atoms with Crippen LogP contribution in [-0.2, 0) is 16.6 Å². The molecule has 3 rings (SSSR count). The molecule has 1 saturated heterocycles. The van der Waals surface area contributed by atoms with Gasteiger partial charge >= 0.3 is 6.03 Å². The second-order valence-electron chi connectivity index (χ2n) is 7.08. The van der Waals surface area contributed by atoms with E-state index in [1.54, 1.807) is 35.0 Å². The molecule has 154 valence electrons. The van der Waals surface area contributed by atoms with Crippen LogP contribution in [0.15, 0.2) is 30.3 Å². The van der Waals surface area contributed by atoms with Gasteiger partial charge in [-0.25, -0.2) is 4.79 Å². The lowest BCUT2D eigenvalue weighted by atomic mass is 10.2. The molecule has 1 aromatic heterocycles. The average Bonchev–Trinajstić information content (AvgIpc) is 3.29. The standard InChI is InChI=1S/C21H27N5O3/c1-14-19(15(2)26(3)25-14)10-11-20(27)23-16-6-8-17(9-7-16)24-21(28)22-13-18-5-4-12-29-18/h6-11,18H,4-5,12-13H2,1-3H3,(H,23,27)(H2,22,24,28)/b11-10+. The van der Waals surface area contributed by atoms with E-state index in [-0.39, 0.29) is 18.0 Å². The lowest BCUT2D eigenvalue weighted by molar-refractivity contribution is -0.111. The summed E-state index contributed by atoms with van der Waals surface area (Å²) in [5, 5.41) is 12.7. The maximum Gasteiger partial charge on any atom is 0.319 e. The van der Waals surface area contributed by atoms with Crippen molar-refractivity contribution in [3.8, 4) is 0 Å². The first-order valence-corrected chi connectivity index (χ1v) is 9.68. The Morgan fingerprint density at radius 3 is 2.48 bits per heavy atom. The molecule has 2 heterocycles. The van der Waals surface area contributed by atoms with Gasteiger partial charge in [0, 0.05) is 48.9 Å². The number of ether oxygens (including phenoxy) is 1. The van der Waals surface area contributed by atoms with Gasteiger partial charge in [0.1, 0.15) is 0 Å². The predicted octanol–water partition coefficient (Wildman–Crippen LogP) is 2.99. The number of urea groups is 1. The van der Waals surface area contributed by atoms with Crippen molar-refractivity contribution >= 4 is 29.4 Å². The van der Waals surface area contributed by atoms with Gasteiger partial charge in [0.2, 0.25) is 5.91 Å². The topological polar surface area (TPSA) is 97.3 Å². The minimum atomic E-state index is -0.276. The monoisotopic (exact) mass is 397 g/mol. The molecule has 1 aliphatic rings. The van der Waals surface area contributed by atoms with Crippen molar-refractivity contribution in [1.29, 1.82) is 0 Å². The molecule has 0 bridgehead atoms. The van der Waals surface area contributed by atoms with E-state index in [0.717, 1.165) is 36.4 Å². The van der Waals surface area contributed by atoms with Crippen LogP contribution in [0.1, 0.15) is 29.8 Å². The molecule has 29 heavy (non-hydrogen) atoms. The molecule has 0 aliphatic carbocycles. The second kappa shape index (κ2) is 9.38. The van der Waals surface area contributed by atoms with Crippen LogP contribution in [0.5, 0.6) is 0 Å². The van der Waals surface area contributed by atoms with Crippen molar-refractivity contribution in [2.24, 2.45) is 7.05 Å². The second-order valence-corrected chi connectivity index (χ2v) is 7.08. The van der Waals surface area contributed by atoms with Crippen molar-refractivity contribution in [3.63, 3.8) is 0 Å². The lowest BCUT2D eigenvalue weighted by Crippen LogP contribution is -2.35. The summed E-state index contributed by atoms with van der Waals surface area (Å²) >= 11 is 0. The third kappa shape index (κ3) is 5.68. The summed E-state index contributed by atoms with van der Waals surface area (Å²) in [6.07, 6.45) is 5.37. The van der Waals surface area contributed by atoms with Crippen LogP contribution in [-0.4, -0.2) is 41.0 Å². The van der Waals surface area contributed by atoms with Crippen molar-refractivity contribution < 1.29 is 14.3 Å². The molecular formula is C21H27N5O3. The van der Waals surface area contributed by atoms with Gasteiger partial charge < -0.3 is 20.7 Å². The first kappa shape index (κ1) is 20.6. The summed E-state index contributed by atoms with van der Waals surface area (Å²) in [5.41, 5.74) is 4.10. The number of aryl methyl sites for hydroxylation is 2. The smallest absolute Gasteiger partial charge is 0.319 e. The third-order valence-electron chi connectivity index (χ3n) is 4.89. The molecule has 0 radical (unpaired) electrons. The zero-order valence-electron chi connectivity index (χ0n) is 17.0.